The first-order valence-electron chi connectivity index (χ1n) is 10.2. The van der Waals surface area contributed by atoms with Gasteiger partial charge in [-0.25, -0.2) is 4.39 Å². The van der Waals surface area contributed by atoms with Gasteiger partial charge in [-0.2, -0.15) is 4.39 Å². The molecule has 0 radical (unpaired) electrons. The summed E-state index contributed by atoms with van der Waals surface area (Å²) in [5.41, 5.74) is 0.181. The fraction of sp³-hybridized carbons (Fsp3) is 0.478. The molecule has 2 nitrogen and oxygen atoms in total. The molecule has 1 fully saturated rings. The summed E-state index contributed by atoms with van der Waals surface area (Å²) in [6.07, 6.45) is 1.95. The molecule has 0 heterocycles. The van der Waals surface area contributed by atoms with Gasteiger partial charge in [0.2, 0.25) is 5.82 Å². The van der Waals surface area contributed by atoms with Crippen molar-refractivity contribution in [1.82, 2.24) is 0 Å². The first-order chi connectivity index (χ1) is 14.3. The topological polar surface area (TPSA) is 18.5 Å². The van der Waals surface area contributed by atoms with E-state index in [1.807, 2.05) is 0 Å². The number of ether oxygens (including phenoxy) is 2. The van der Waals surface area contributed by atoms with Gasteiger partial charge in [0.1, 0.15) is 5.75 Å². The van der Waals surface area contributed by atoms with Gasteiger partial charge in [0, 0.05) is 5.56 Å². The molecule has 164 valence electrons. The van der Waals surface area contributed by atoms with Gasteiger partial charge in [-0.15, -0.1) is 13.2 Å². The Kier molecular flexibility index (Phi) is 7.21. The molecule has 1 aliphatic carbocycles. The molecule has 0 unspecified atom stereocenters. The summed E-state index contributed by atoms with van der Waals surface area (Å²) in [5, 5.41) is 0. The van der Waals surface area contributed by atoms with E-state index in [4.69, 9.17) is 4.74 Å². The summed E-state index contributed by atoms with van der Waals surface area (Å²) in [7, 11) is 0. The van der Waals surface area contributed by atoms with E-state index in [1.54, 1.807) is 0 Å². The third kappa shape index (κ3) is 5.86. The first kappa shape index (κ1) is 22.4. The van der Waals surface area contributed by atoms with E-state index in [-0.39, 0.29) is 16.9 Å². The minimum Gasteiger partial charge on any atom is -0.490 e. The molecule has 0 atom stereocenters. The molecule has 0 amide bonds. The maximum Gasteiger partial charge on any atom is 0.573 e. The molecule has 2 aromatic rings. The zero-order valence-corrected chi connectivity index (χ0v) is 16.8. The Morgan fingerprint density at radius 3 is 2.10 bits per heavy atom. The highest BCUT2D eigenvalue weighted by Crippen LogP contribution is 2.34. The van der Waals surface area contributed by atoms with E-state index < -0.39 is 23.7 Å². The lowest BCUT2D eigenvalue weighted by Crippen LogP contribution is -2.20. The number of alkyl halides is 3. The van der Waals surface area contributed by atoms with Gasteiger partial charge in [0.05, 0.1) is 6.61 Å². The second-order valence-corrected chi connectivity index (χ2v) is 7.80. The molecule has 2 aromatic carbocycles. The third-order valence-corrected chi connectivity index (χ3v) is 5.58. The second-order valence-electron chi connectivity index (χ2n) is 7.80. The predicted octanol–water partition coefficient (Wildman–Crippen LogP) is 7.52. The molecule has 0 saturated heterocycles. The average Bonchev–Trinajstić information content (AvgIpc) is 2.70. The van der Waals surface area contributed by atoms with Gasteiger partial charge >= 0.3 is 6.36 Å². The Hall–Kier alpha value is -2.31. The molecule has 1 saturated carbocycles. The van der Waals surface area contributed by atoms with E-state index in [2.05, 4.69) is 11.7 Å². The SMILES string of the molecule is CCC[C@H]1CC[C@H](COc2ccc(-c3ccc(OC(F)(F)F)cc3)c(F)c2F)CC1. The van der Waals surface area contributed by atoms with E-state index in [0.717, 1.165) is 43.7 Å². The van der Waals surface area contributed by atoms with Crippen LogP contribution in [0.4, 0.5) is 22.0 Å². The molecule has 0 aromatic heterocycles. The second kappa shape index (κ2) is 9.67. The maximum absolute atomic E-state index is 14.6. The van der Waals surface area contributed by atoms with Crippen LogP contribution in [-0.4, -0.2) is 13.0 Å². The minimum absolute atomic E-state index is 0.0570. The Morgan fingerprint density at radius 1 is 0.867 bits per heavy atom. The number of hydrogen-bond acceptors (Lipinski definition) is 2. The molecule has 1 aliphatic rings. The fourth-order valence-electron chi connectivity index (χ4n) is 4.01. The highest BCUT2D eigenvalue weighted by molar-refractivity contribution is 5.66. The normalized spacial score (nSPS) is 19.5. The van der Waals surface area contributed by atoms with Crippen LogP contribution in [0, 0.1) is 23.5 Å². The van der Waals surface area contributed by atoms with E-state index in [0.29, 0.717) is 12.5 Å². The summed E-state index contributed by atoms with van der Waals surface area (Å²) in [6, 6.07) is 7.32. The predicted molar refractivity (Wildman–Crippen MR) is 104 cm³/mol. The van der Waals surface area contributed by atoms with Crippen molar-refractivity contribution in [3.05, 3.63) is 48.0 Å². The lowest BCUT2D eigenvalue weighted by molar-refractivity contribution is -0.274. The van der Waals surface area contributed by atoms with Crippen LogP contribution in [0.15, 0.2) is 36.4 Å². The number of benzene rings is 2. The lowest BCUT2D eigenvalue weighted by atomic mass is 9.80. The lowest BCUT2D eigenvalue weighted by Gasteiger charge is -2.28. The van der Waals surface area contributed by atoms with Crippen molar-refractivity contribution >= 4 is 0 Å². The number of rotatable bonds is 7. The van der Waals surface area contributed by atoms with Crippen molar-refractivity contribution in [3.8, 4) is 22.6 Å². The molecule has 30 heavy (non-hydrogen) atoms. The van der Waals surface area contributed by atoms with Gasteiger partial charge in [-0.05, 0) is 54.5 Å². The third-order valence-electron chi connectivity index (χ3n) is 5.58. The molecule has 0 spiro atoms. The van der Waals surface area contributed by atoms with Crippen LogP contribution in [0.5, 0.6) is 11.5 Å². The van der Waals surface area contributed by atoms with Crippen molar-refractivity contribution in [2.24, 2.45) is 11.8 Å². The summed E-state index contributed by atoms with van der Waals surface area (Å²) < 4.78 is 75.1. The highest BCUT2D eigenvalue weighted by Gasteiger charge is 2.31. The molecule has 0 N–H and O–H groups in total. The maximum atomic E-state index is 14.6. The largest absolute Gasteiger partial charge is 0.573 e. The summed E-state index contributed by atoms with van der Waals surface area (Å²) in [4.78, 5) is 0. The van der Waals surface area contributed by atoms with Gasteiger partial charge in [-0.3, -0.25) is 0 Å². The number of halogens is 5. The van der Waals surface area contributed by atoms with Crippen LogP contribution >= 0.6 is 0 Å². The van der Waals surface area contributed by atoms with Crippen LogP contribution in [-0.2, 0) is 0 Å². The Morgan fingerprint density at radius 2 is 1.50 bits per heavy atom. The van der Waals surface area contributed by atoms with Crippen molar-refractivity contribution in [2.75, 3.05) is 6.61 Å². The Bertz CT molecular complexity index is 825. The molecular weight excluding hydrogens is 403 g/mol. The van der Waals surface area contributed by atoms with Gasteiger partial charge in [0.25, 0.3) is 0 Å². The highest BCUT2D eigenvalue weighted by atomic mass is 19.4. The van der Waals surface area contributed by atoms with Crippen molar-refractivity contribution in [1.29, 1.82) is 0 Å². The summed E-state index contributed by atoms with van der Waals surface area (Å²) in [5.74, 6) is -1.68. The molecular formula is C23H25F5O2. The van der Waals surface area contributed by atoms with Crippen LogP contribution in [0.1, 0.15) is 45.4 Å². The van der Waals surface area contributed by atoms with Crippen LogP contribution < -0.4 is 9.47 Å². The van der Waals surface area contributed by atoms with Gasteiger partial charge in [0.15, 0.2) is 11.6 Å². The van der Waals surface area contributed by atoms with Crippen molar-refractivity contribution < 1.29 is 31.4 Å². The van der Waals surface area contributed by atoms with Gasteiger partial charge in [-0.1, -0.05) is 44.7 Å². The molecule has 0 aliphatic heterocycles. The summed E-state index contributed by atoms with van der Waals surface area (Å²) >= 11 is 0. The zero-order chi connectivity index (χ0) is 21.7. The minimum atomic E-state index is -4.81. The standard InChI is InChI=1S/C23H25F5O2/c1-2-3-15-4-6-16(7-5-15)14-29-20-13-12-19(21(24)22(20)25)17-8-10-18(11-9-17)30-23(26,27)28/h8-13,15-16H,2-7,14H2,1H3/t15-,16-. The molecule has 7 heteroatoms. The van der Waals surface area contributed by atoms with Crippen LogP contribution in [0.25, 0.3) is 11.1 Å². The van der Waals surface area contributed by atoms with Crippen molar-refractivity contribution in [3.63, 3.8) is 0 Å². The van der Waals surface area contributed by atoms with E-state index in [1.165, 1.54) is 37.1 Å². The summed E-state index contributed by atoms with van der Waals surface area (Å²) in [6.45, 7) is 2.53. The van der Waals surface area contributed by atoms with Crippen molar-refractivity contribution in [2.45, 2.75) is 51.8 Å². The van der Waals surface area contributed by atoms with Crippen LogP contribution in [0.2, 0.25) is 0 Å². The van der Waals surface area contributed by atoms with E-state index >= 15 is 0 Å². The Labute approximate surface area is 173 Å². The quantitative estimate of drug-likeness (QED) is 0.425. The van der Waals surface area contributed by atoms with E-state index in [9.17, 15) is 22.0 Å². The van der Waals surface area contributed by atoms with Gasteiger partial charge < -0.3 is 9.47 Å². The van der Waals surface area contributed by atoms with Crippen LogP contribution in [0.3, 0.4) is 0 Å². The monoisotopic (exact) mass is 428 g/mol. The first-order valence-corrected chi connectivity index (χ1v) is 10.2. The smallest absolute Gasteiger partial charge is 0.490 e. The molecule has 3 rings (SSSR count). The zero-order valence-electron chi connectivity index (χ0n) is 16.8. The average molecular weight is 428 g/mol. The number of hydrogen-bond donors (Lipinski definition) is 0. The molecule has 0 bridgehead atoms. The Balaban J connectivity index is 1.63. The fourth-order valence-corrected chi connectivity index (χ4v) is 4.01.